The fraction of sp³-hybridized carbons (Fsp3) is 0.500. The van der Waals surface area contributed by atoms with E-state index in [2.05, 4.69) is 27.1 Å². The molecule has 17 heavy (non-hydrogen) atoms. The second-order valence-electron chi connectivity index (χ2n) is 4.27. The Kier molecular flexibility index (Phi) is 3.02. The molecule has 5 nitrogen and oxygen atoms in total. The number of aromatic nitrogens is 3. The molecule has 0 aliphatic carbocycles. The topological polar surface area (TPSA) is 42.7 Å². The Morgan fingerprint density at radius 3 is 3.00 bits per heavy atom. The van der Waals surface area contributed by atoms with E-state index in [4.69, 9.17) is 4.74 Å². The zero-order valence-electron chi connectivity index (χ0n) is 9.75. The van der Waals surface area contributed by atoms with Gasteiger partial charge in [-0.25, -0.2) is 9.50 Å². The molecule has 5 heteroatoms. The Morgan fingerprint density at radius 1 is 1.24 bits per heavy atom. The van der Waals surface area contributed by atoms with E-state index in [1.165, 1.54) is 5.69 Å². The van der Waals surface area contributed by atoms with E-state index in [0.29, 0.717) is 0 Å². The summed E-state index contributed by atoms with van der Waals surface area (Å²) in [6, 6.07) is 4.19. The highest BCUT2D eigenvalue weighted by atomic mass is 16.5. The number of fused-ring (bicyclic) bond motifs is 1. The Hall–Kier alpha value is -1.46. The average Bonchev–Trinajstić information content (AvgIpc) is 2.81. The molecule has 0 bridgehead atoms. The van der Waals surface area contributed by atoms with Crippen LogP contribution in [0.3, 0.4) is 0 Å². The largest absolute Gasteiger partial charge is 0.379 e. The van der Waals surface area contributed by atoms with E-state index in [0.717, 1.165) is 44.8 Å². The SMILES string of the molecule is c1ncc2ccc(CCN3CCOCC3)n2n1. The van der Waals surface area contributed by atoms with Crippen LogP contribution in [0.5, 0.6) is 0 Å². The molecule has 0 spiro atoms. The van der Waals surface area contributed by atoms with Gasteiger partial charge in [0.05, 0.1) is 24.9 Å². The van der Waals surface area contributed by atoms with E-state index >= 15 is 0 Å². The quantitative estimate of drug-likeness (QED) is 0.777. The third kappa shape index (κ3) is 2.30. The van der Waals surface area contributed by atoms with Crippen molar-refractivity contribution >= 4 is 5.52 Å². The van der Waals surface area contributed by atoms with Gasteiger partial charge in [0.1, 0.15) is 6.33 Å². The standard InChI is InChI=1S/C12H16N4O/c1-2-12-9-13-10-14-16(12)11(1)3-4-15-5-7-17-8-6-15/h1-2,9-10H,3-8H2. The van der Waals surface area contributed by atoms with E-state index in [1.807, 2.05) is 10.7 Å². The maximum atomic E-state index is 5.34. The summed E-state index contributed by atoms with van der Waals surface area (Å²) < 4.78 is 7.31. The van der Waals surface area contributed by atoms with Crippen LogP contribution < -0.4 is 0 Å². The van der Waals surface area contributed by atoms with E-state index in [9.17, 15) is 0 Å². The number of hydrogen-bond donors (Lipinski definition) is 0. The van der Waals surface area contributed by atoms with Gasteiger partial charge >= 0.3 is 0 Å². The molecular formula is C12H16N4O. The number of hydrogen-bond acceptors (Lipinski definition) is 4. The number of ether oxygens (including phenoxy) is 1. The highest BCUT2D eigenvalue weighted by molar-refractivity contribution is 5.45. The fourth-order valence-corrected chi connectivity index (χ4v) is 2.20. The summed E-state index contributed by atoms with van der Waals surface area (Å²) in [6.07, 6.45) is 4.45. The Morgan fingerprint density at radius 2 is 2.12 bits per heavy atom. The van der Waals surface area contributed by atoms with Crippen LogP contribution in [0.1, 0.15) is 5.69 Å². The summed E-state index contributed by atoms with van der Waals surface area (Å²) in [7, 11) is 0. The smallest absolute Gasteiger partial charge is 0.136 e. The first-order chi connectivity index (χ1) is 8.43. The van der Waals surface area contributed by atoms with Crippen molar-refractivity contribution in [1.82, 2.24) is 19.5 Å². The first-order valence-corrected chi connectivity index (χ1v) is 6.00. The second kappa shape index (κ2) is 4.81. The van der Waals surface area contributed by atoms with Crippen molar-refractivity contribution in [2.45, 2.75) is 6.42 Å². The number of nitrogens with zero attached hydrogens (tertiary/aromatic N) is 4. The van der Waals surface area contributed by atoms with Crippen molar-refractivity contribution in [3.8, 4) is 0 Å². The van der Waals surface area contributed by atoms with Gasteiger partial charge in [0.15, 0.2) is 0 Å². The molecule has 0 N–H and O–H groups in total. The van der Waals surface area contributed by atoms with Crippen LogP contribution in [0.15, 0.2) is 24.7 Å². The van der Waals surface area contributed by atoms with Crippen LogP contribution in [-0.2, 0) is 11.2 Å². The maximum Gasteiger partial charge on any atom is 0.136 e. The van der Waals surface area contributed by atoms with E-state index in [1.54, 1.807) is 6.33 Å². The molecule has 0 amide bonds. The lowest BCUT2D eigenvalue weighted by Crippen LogP contribution is -2.37. The first-order valence-electron chi connectivity index (χ1n) is 6.00. The molecule has 2 aromatic heterocycles. The molecule has 1 aliphatic rings. The number of rotatable bonds is 3. The molecule has 90 valence electrons. The summed E-state index contributed by atoms with van der Waals surface area (Å²) in [5.41, 5.74) is 2.30. The van der Waals surface area contributed by atoms with Crippen molar-refractivity contribution in [3.63, 3.8) is 0 Å². The van der Waals surface area contributed by atoms with Crippen molar-refractivity contribution in [1.29, 1.82) is 0 Å². The molecule has 0 aromatic carbocycles. The van der Waals surface area contributed by atoms with Gasteiger partial charge in [-0.3, -0.25) is 4.90 Å². The lowest BCUT2D eigenvalue weighted by Gasteiger charge is -2.26. The molecule has 1 aliphatic heterocycles. The van der Waals surface area contributed by atoms with Gasteiger partial charge in [-0.15, -0.1) is 0 Å². The average molecular weight is 232 g/mol. The van der Waals surface area contributed by atoms with E-state index < -0.39 is 0 Å². The molecule has 1 fully saturated rings. The van der Waals surface area contributed by atoms with Crippen LogP contribution in [0.2, 0.25) is 0 Å². The van der Waals surface area contributed by atoms with Gasteiger partial charge in [0, 0.05) is 31.7 Å². The molecule has 3 rings (SSSR count). The summed E-state index contributed by atoms with van der Waals surface area (Å²) in [5.74, 6) is 0. The predicted molar refractivity (Wildman–Crippen MR) is 64.0 cm³/mol. The monoisotopic (exact) mass is 232 g/mol. The summed E-state index contributed by atoms with van der Waals surface area (Å²) in [5, 5.41) is 4.27. The molecule has 0 atom stereocenters. The van der Waals surface area contributed by atoms with Crippen LogP contribution >= 0.6 is 0 Å². The van der Waals surface area contributed by atoms with Crippen molar-refractivity contribution in [3.05, 3.63) is 30.4 Å². The van der Waals surface area contributed by atoms with Crippen molar-refractivity contribution in [2.75, 3.05) is 32.8 Å². The Balaban J connectivity index is 1.68. The van der Waals surface area contributed by atoms with Gasteiger partial charge in [0.2, 0.25) is 0 Å². The Bertz CT molecular complexity index is 490. The third-order valence-corrected chi connectivity index (χ3v) is 3.19. The maximum absolute atomic E-state index is 5.34. The van der Waals surface area contributed by atoms with E-state index in [-0.39, 0.29) is 0 Å². The first kappa shape index (κ1) is 10.7. The highest BCUT2D eigenvalue weighted by Gasteiger charge is 2.11. The van der Waals surface area contributed by atoms with Gasteiger partial charge in [-0.1, -0.05) is 0 Å². The van der Waals surface area contributed by atoms with Crippen molar-refractivity contribution in [2.24, 2.45) is 0 Å². The zero-order valence-corrected chi connectivity index (χ0v) is 9.75. The fourth-order valence-electron chi connectivity index (χ4n) is 2.20. The lowest BCUT2D eigenvalue weighted by atomic mass is 10.3. The minimum absolute atomic E-state index is 0.858. The molecule has 0 radical (unpaired) electrons. The number of morpholine rings is 1. The minimum atomic E-state index is 0.858. The van der Waals surface area contributed by atoms with Crippen molar-refractivity contribution < 1.29 is 4.74 Å². The van der Waals surface area contributed by atoms with Gasteiger partial charge in [0.25, 0.3) is 0 Å². The molecule has 1 saturated heterocycles. The van der Waals surface area contributed by atoms with Crippen LogP contribution in [-0.4, -0.2) is 52.3 Å². The van der Waals surface area contributed by atoms with Crippen LogP contribution in [0, 0.1) is 0 Å². The van der Waals surface area contributed by atoms with Crippen LogP contribution in [0.25, 0.3) is 5.52 Å². The van der Waals surface area contributed by atoms with Gasteiger partial charge in [-0.2, -0.15) is 5.10 Å². The van der Waals surface area contributed by atoms with Crippen LogP contribution in [0.4, 0.5) is 0 Å². The molecule has 3 heterocycles. The summed E-state index contributed by atoms with van der Waals surface area (Å²) in [6.45, 7) is 4.87. The molecular weight excluding hydrogens is 216 g/mol. The summed E-state index contributed by atoms with van der Waals surface area (Å²) in [4.78, 5) is 6.45. The molecule has 2 aromatic rings. The predicted octanol–water partition coefficient (Wildman–Crippen LogP) is 0.604. The third-order valence-electron chi connectivity index (χ3n) is 3.19. The summed E-state index contributed by atoms with van der Waals surface area (Å²) >= 11 is 0. The minimum Gasteiger partial charge on any atom is -0.379 e. The van der Waals surface area contributed by atoms with Gasteiger partial charge in [-0.05, 0) is 12.1 Å². The second-order valence-corrected chi connectivity index (χ2v) is 4.27. The molecule has 0 unspecified atom stereocenters. The normalized spacial score (nSPS) is 17.6. The molecule has 0 saturated carbocycles. The zero-order chi connectivity index (χ0) is 11.5. The Labute approximate surface area is 100 Å². The highest BCUT2D eigenvalue weighted by Crippen LogP contribution is 2.08. The van der Waals surface area contributed by atoms with Gasteiger partial charge < -0.3 is 4.74 Å². The lowest BCUT2D eigenvalue weighted by molar-refractivity contribution is 0.0383.